The lowest BCUT2D eigenvalue weighted by Crippen LogP contribution is -2.02. The summed E-state index contributed by atoms with van der Waals surface area (Å²) < 4.78 is 5.75. The Hall–Kier alpha value is -2.38. The highest BCUT2D eigenvalue weighted by atomic mass is 16.5. The minimum absolute atomic E-state index is 0.338. The molecule has 1 aromatic heterocycles. The molecule has 2 rings (SSSR count). The number of para-hydroxylation sites is 1. The van der Waals surface area contributed by atoms with Crippen molar-refractivity contribution in [3.63, 3.8) is 0 Å². The lowest BCUT2D eigenvalue weighted by molar-refractivity contribution is 0.166. The Kier molecular flexibility index (Phi) is 4.70. The molecule has 0 aliphatic rings. The number of hydrogen-bond acceptors (Lipinski definition) is 4. The van der Waals surface area contributed by atoms with E-state index in [1.807, 2.05) is 37.3 Å². The predicted molar refractivity (Wildman–Crippen MR) is 75.0 cm³/mol. The van der Waals surface area contributed by atoms with Gasteiger partial charge in [-0.1, -0.05) is 25.1 Å². The van der Waals surface area contributed by atoms with E-state index < -0.39 is 6.10 Å². The first-order chi connectivity index (χ1) is 9.74. The van der Waals surface area contributed by atoms with Crippen molar-refractivity contribution in [3.05, 3.63) is 59.4 Å². The van der Waals surface area contributed by atoms with Crippen LogP contribution < -0.4 is 4.74 Å². The molecule has 0 bridgehead atoms. The summed E-state index contributed by atoms with van der Waals surface area (Å²) in [5.74, 6) is 0.664. The molecule has 0 fully saturated rings. The third-order valence-electron chi connectivity index (χ3n) is 3.00. The fourth-order valence-electron chi connectivity index (χ4n) is 1.89. The number of hydrogen-bond donors (Lipinski definition) is 1. The lowest BCUT2D eigenvalue weighted by atomic mass is 10.1. The molecular weight excluding hydrogens is 252 g/mol. The molecule has 4 nitrogen and oxygen atoms in total. The van der Waals surface area contributed by atoms with Gasteiger partial charge in [-0.15, -0.1) is 0 Å². The standard InChI is InChI=1S/C16H16N2O2/c1-2-15(19)14-5-3-4-6-16(14)20-11-12-7-8-18-13(9-12)10-17/h3-9,15,19H,2,11H2,1H3. The van der Waals surface area contributed by atoms with Gasteiger partial charge in [-0.2, -0.15) is 5.26 Å². The van der Waals surface area contributed by atoms with Gasteiger partial charge in [-0.3, -0.25) is 0 Å². The van der Waals surface area contributed by atoms with Crippen LogP contribution in [0.3, 0.4) is 0 Å². The van der Waals surface area contributed by atoms with E-state index in [9.17, 15) is 5.11 Å². The van der Waals surface area contributed by atoms with Crippen LogP contribution in [0.1, 0.15) is 36.3 Å². The molecule has 0 spiro atoms. The number of aliphatic hydroxyl groups excluding tert-OH is 1. The van der Waals surface area contributed by atoms with Crippen LogP contribution in [0.25, 0.3) is 0 Å². The summed E-state index contributed by atoms with van der Waals surface area (Å²) in [7, 11) is 0. The highest BCUT2D eigenvalue weighted by Crippen LogP contribution is 2.27. The van der Waals surface area contributed by atoms with Gasteiger partial charge in [-0.25, -0.2) is 4.98 Å². The van der Waals surface area contributed by atoms with Crippen LogP contribution in [0, 0.1) is 11.3 Å². The number of pyridine rings is 1. The van der Waals surface area contributed by atoms with Gasteiger partial charge in [0.1, 0.15) is 24.1 Å². The molecule has 0 aliphatic heterocycles. The summed E-state index contributed by atoms with van der Waals surface area (Å²) in [5.41, 5.74) is 2.02. The van der Waals surface area contributed by atoms with Crippen molar-refractivity contribution in [1.29, 1.82) is 5.26 Å². The van der Waals surface area contributed by atoms with Crippen molar-refractivity contribution < 1.29 is 9.84 Å². The Bertz CT molecular complexity index is 620. The highest BCUT2D eigenvalue weighted by Gasteiger charge is 2.11. The topological polar surface area (TPSA) is 66.1 Å². The first kappa shape index (κ1) is 14.0. The Morgan fingerprint density at radius 1 is 1.35 bits per heavy atom. The number of aliphatic hydroxyl groups is 1. The third kappa shape index (κ3) is 3.34. The second-order valence-electron chi connectivity index (χ2n) is 4.41. The molecule has 1 aromatic carbocycles. The lowest BCUT2D eigenvalue weighted by Gasteiger charge is -2.14. The smallest absolute Gasteiger partial charge is 0.140 e. The number of nitrogens with zero attached hydrogens (tertiary/aromatic N) is 2. The van der Waals surface area contributed by atoms with Gasteiger partial charge in [-0.05, 0) is 30.2 Å². The molecule has 0 saturated carbocycles. The molecule has 0 amide bonds. The van der Waals surface area contributed by atoms with Gasteiger partial charge in [0, 0.05) is 11.8 Å². The van der Waals surface area contributed by atoms with Crippen molar-refractivity contribution in [2.75, 3.05) is 0 Å². The second-order valence-corrected chi connectivity index (χ2v) is 4.41. The van der Waals surface area contributed by atoms with Gasteiger partial charge in [0.15, 0.2) is 0 Å². The van der Waals surface area contributed by atoms with Crippen molar-refractivity contribution in [3.8, 4) is 11.8 Å². The number of ether oxygens (including phenoxy) is 1. The summed E-state index contributed by atoms with van der Waals surface area (Å²) in [5, 5.41) is 18.8. The Labute approximate surface area is 118 Å². The van der Waals surface area contributed by atoms with Crippen LogP contribution in [0.5, 0.6) is 5.75 Å². The Balaban J connectivity index is 2.13. The fraction of sp³-hybridized carbons (Fsp3) is 0.250. The van der Waals surface area contributed by atoms with Crippen LogP contribution in [-0.2, 0) is 6.61 Å². The average Bonchev–Trinajstić information content (AvgIpc) is 2.52. The molecule has 1 unspecified atom stereocenters. The van der Waals surface area contributed by atoms with Gasteiger partial charge < -0.3 is 9.84 Å². The summed E-state index contributed by atoms with van der Waals surface area (Å²) in [4.78, 5) is 3.92. The van der Waals surface area contributed by atoms with E-state index in [0.717, 1.165) is 11.1 Å². The van der Waals surface area contributed by atoms with E-state index in [1.54, 1.807) is 18.3 Å². The fourth-order valence-corrected chi connectivity index (χ4v) is 1.89. The molecule has 1 N–H and O–H groups in total. The minimum atomic E-state index is -0.529. The number of nitriles is 1. The maximum absolute atomic E-state index is 9.96. The quantitative estimate of drug-likeness (QED) is 0.905. The zero-order chi connectivity index (χ0) is 14.4. The van der Waals surface area contributed by atoms with Crippen molar-refractivity contribution in [2.45, 2.75) is 26.1 Å². The molecule has 0 radical (unpaired) electrons. The predicted octanol–water partition coefficient (Wildman–Crippen LogP) is 2.98. The van der Waals surface area contributed by atoms with E-state index in [4.69, 9.17) is 10.00 Å². The molecule has 1 heterocycles. The molecule has 2 aromatic rings. The largest absolute Gasteiger partial charge is 0.489 e. The zero-order valence-electron chi connectivity index (χ0n) is 11.3. The normalized spacial score (nSPS) is 11.7. The Morgan fingerprint density at radius 2 is 2.15 bits per heavy atom. The van der Waals surface area contributed by atoms with Gasteiger partial charge in [0.25, 0.3) is 0 Å². The first-order valence-electron chi connectivity index (χ1n) is 6.49. The maximum atomic E-state index is 9.96. The summed E-state index contributed by atoms with van der Waals surface area (Å²) >= 11 is 0. The molecule has 4 heteroatoms. The van der Waals surface area contributed by atoms with Gasteiger partial charge in [0.2, 0.25) is 0 Å². The molecule has 102 valence electrons. The number of rotatable bonds is 5. The van der Waals surface area contributed by atoms with E-state index in [0.29, 0.717) is 24.5 Å². The highest BCUT2D eigenvalue weighted by molar-refractivity contribution is 5.35. The van der Waals surface area contributed by atoms with Crippen LogP contribution in [0.15, 0.2) is 42.6 Å². The summed E-state index contributed by atoms with van der Waals surface area (Å²) in [6, 6.07) is 12.9. The van der Waals surface area contributed by atoms with Crippen molar-refractivity contribution in [1.82, 2.24) is 4.98 Å². The molecule has 0 aliphatic carbocycles. The van der Waals surface area contributed by atoms with Crippen LogP contribution >= 0.6 is 0 Å². The van der Waals surface area contributed by atoms with Gasteiger partial charge >= 0.3 is 0 Å². The van der Waals surface area contributed by atoms with E-state index in [2.05, 4.69) is 4.98 Å². The van der Waals surface area contributed by atoms with Gasteiger partial charge in [0.05, 0.1) is 6.10 Å². The number of benzene rings is 1. The van der Waals surface area contributed by atoms with Crippen LogP contribution in [0.2, 0.25) is 0 Å². The Morgan fingerprint density at radius 3 is 2.90 bits per heavy atom. The minimum Gasteiger partial charge on any atom is -0.489 e. The van der Waals surface area contributed by atoms with Crippen LogP contribution in [-0.4, -0.2) is 10.1 Å². The molecule has 0 saturated heterocycles. The maximum Gasteiger partial charge on any atom is 0.140 e. The van der Waals surface area contributed by atoms with Crippen molar-refractivity contribution >= 4 is 0 Å². The number of aromatic nitrogens is 1. The first-order valence-corrected chi connectivity index (χ1v) is 6.49. The van der Waals surface area contributed by atoms with Crippen LogP contribution in [0.4, 0.5) is 0 Å². The molecule has 1 atom stereocenters. The summed E-state index contributed by atoms with van der Waals surface area (Å²) in [6.07, 6.45) is 1.69. The molecular formula is C16H16N2O2. The zero-order valence-corrected chi connectivity index (χ0v) is 11.3. The monoisotopic (exact) mass is 268 g/mol. The van der Waals surface area contributed by atoms with E-state index >= 15 is 0 Å². The van der Waals surface area contributed by atoms with E-state index in [1.165, 1.54) is 0 Å². The summed E-state index contributed by atoms with van der Waals surface area (Å²) in [6.45, 7) is 2.26. The van der Waals surface area contributed by atoms with Crippen molar-refractivity contribution in [2.24, 2.45) is 0 Å². The van der Waals surface area contributed by atoms with E-state index in [-0.39, 0.29) is 0 Å². The molecule has 20 heavy (non-hydrogen) atoms. The SMILES string of the molecule is CCC(O)c1ccccc1OCc1ccnc(C#N)c1. The third-order valence-corrected chi connectivity index (χ3v) is 3.00. The second kappa shape index (κ2) is 6.69. The average molecular weight is 268 g/mol.